The molecule has 0 aliphatic carbocycles. The van der Waals surface area contributed by atoms with E-state index in [9.17, 15) is 4.39 Å². The van der Waals surface area contributed by atoms with Gasteiger partial charge in [0, 0.05) is 30.0 Å². The quantitative estimate of drug-likeness (QED) is 0.497. The van der Waals surface area contributed by atoms with Crippen molar-refractivity contribution in [3.8, 4) is 11.4 Å². The summed E-state index contributed by atoms with van der Waals surface area (Å²) in [6.07, 6.45) is 2.80. The second-order valence-electron chi connectivity index (χ2n) is 4.14. The molecule has 7 heteroatoms. The van der Waals surface area contributed by atoms with Crippen LogP contribution in [0.2, 0.25) is 0 Å². The Kier molecular flexibility index (Phi) is 4.70. The van der Waals surface area contributed by atoms with Gasteiger partial charge >= 0.3 is 0 Å². The number of halogens is 1. The average molecular weight is 275 g/mol. The van der Waals surface area contributed by atoms with Crippen LogP contribution < -0.4 is 0 Å². The third-order valence-electron chi connectivity index (χ3n) is 2.97. The third kappa shape index (κ3) is 2.96. The summed E-state index contributed by atoms with van der Waals surface area (Å²) >= 11 is 0. The summed E-state index contributed by atoms with van der Waals surface area (Å²) in [6, 6.07) is 6.44. The van der Waals surface area contributed by atoms with Gasteiger partial charge in [-0.05, 0) is 11.1 Å². The van der Waals surface area contributed by atoms with Crippen molar-refractivity contribution in [1.29, 1.82) is 0 Å². The number of aromatic amines is 1. The van der Waals surface area contributed by atoms with E-state index in [0.717, 1.165) is 17.0 Å². The molecular weight excluding hydrogens is 261 g/mol. The number of hydrogen-bond acceptors (Lipinski definition) is 3. The summed E-state index contributed by atoms with van der Waals surface area (Å²) in [5.41, 5.74) is 10.1. The van der Waals surface area contributed by atoms with Crippen LogP contribution >= 0.6 is 0 Å². The molecule has 1 N–H and O–H groups in total. The van der Waals surface area contributed by atoms with Gasteiger partial charge in [0.25, 0.3) is 0 Å². The second kappa shape index (κ2) is 6.70. The second-order valence-corrected chi connectivity index (χ2v) is 4.14. The first-order valence-electron chi connectivity index (χ1n) is 6.02. The number of nitrogens with one attached hydrogen (secondary N) is 1. The van der Waals surface area contributed by atoms with Gasteiger partial charge in [0.2, 0.25) is 0 Å². The fraction of sp³-hybridized carbons (Fsp3) is 0.308. The number of H-pyrrole nitrogens is 1. The maximum atomic E-state index is 12.9. The van der Waals surface area contributed by atoms with E-state index in [1.165, 1.54) is 7.11 Å². The Morgan fingerprint density at radius 1 is 1.45 bits per heavy atom. The largest absolute Gasteiger partial charge is 0.376 e. The summed E-state index contributed by atoms with van der Waals surface area (Å²) in [5.74, 6) is 0.752. The van der Waals surface area contributed by atoms with E-state index in [2.05, 4.69) is 20.0 Å². The first-order chi connectivity index (χ1) is 9.80. The van der Waals surface area contributed by atoms with E-state index >= 15 is 0 Å². The van der Waals surface area contributed by atoms with Crippen LogP contribution in [-0.2, 0) is 4.74 Å². The minimum atomic E-state index is -0.875. The highest BCUT2D eigenvalue weighted by Crippen LogP contribution is 2.25. The lowest BCUT2D eigenvalue weighted by Gasteiger charge is -2.20. The van der Waals surface area contributed by atoms with Gasteiger partial charge < -0.3 is 9.72 Å². The number of methoxy groups -OCH3 is 1. The molecule has 0 bridgehead atoms. The van der Waals surface area contributed by atoms with E-state index in [1.54, 1.807) is 12.4 Å². The lowest BCUT2D eigenvalue weighted by atomic mass is 10.0. The lowest BCUT2D eigenvalue weighted by Crippen LogP contribution is -2.20. The molecular formula is C13H14FN5O. The molecule has 1 heterocycles. The fourth-order valence-corrected chi connectivity index (χ4v) is 2.01. The van der Waals surface area contributed by atoms with Gasteiger partial charge in [0.15, 0.2) is 0 Å². The smallest absolute Gasteiger partial charge is 0.137 e. The Morgan fingerprint density at radius 2 is 2.20 bits per heavy atom. The fourth-order valence-electron chi connectivity index (χ4n) is 2.01. The van der Waals surface area contributed by atoms with E-state index in [1.807, 2.05) is 24.3 Å². The molecule has 0 saturated heterocycles. The van der Waals surface area contributed by atoms with Crippen molar-refractivity contribution in [2.45, 2.75) is 12.1 Å². The number of hydrogen-bond donors (Lipinski definition) is 1. The molecule has 0 radical (unpaired) electrons. The molecule has 0 aliphatic rings. The van der Waals surface area contributed by atoms with E-state index in [-0.39, 0.29) is 0 Å². The Balaban J connectivity index is 2.25. The zero-order valence-corrected chi connectivity index (χ0v) is 10.9. The molecule has 104 valence electrons. The van der Waals surface area contributed by atoms with Crippen molar-refractivity contribution in [1.82, 2.24) is 9.97 Å². The topological polar surface area (TPSA) is 86.7 Å². The first-order valence-corrected chi connectivity index (χ1v) is 6.02. The van der Waals surface area contributed by atoms with Crippen LogP contribution in [0.15, 0.2) is 41.8 Å². The highest BCUT2D eigenvalue weighted by atomic mass is 19.1. The Bertz CT molecular complexity index is 577. The maximum absolute atomic E-state index is 12.9. The number of aromatic nitrogens is 2. The molecule has 1 aromatic heterocycles. The molecule has 0 amide bonds. The van der Waals surface area contributed by atoms with Crippen molar-refractivity contribution in [2.75, 3.05) is 13.8 Å². The minimum absolute atomic E-state index is 0.610. The molecule has 1 aromatic carbocycles. The highest BCUT2D eigenvalue weighted by Gasteiger charge is 2.22. The van der Waals surface area contributed by atoms with E-state index < -0.39 is 18.8 Å². The number of nitrogens with zero attached hydrogens (tertiary/aromatic N) is 4. The zero-order valence-electron chi connectivity index (χ0n) is 10.9. The van der Waals surface area contributed by atoms with Gasteiger partial charge in [-0.1, -0.05) is 29.4 Å². The first kappa shape index (κ1) is 14.0. The Hall–Kier alpha value is -2.37. The van der Waals surface area contributed by atoms with Crippen LogP contribution in [0.5, 0.6) is 0 Å². The number of rotatable bonds is 6. The SMILES string of the molecule is CO[C@H](c1ccc(-c2ncc[nH]2)cc1)[C@@H](CF)N=[N+]=[N-]. The van der Waals surface area contributed by atoms with Gasteiger partial charge in [0.1, 0.15) is 12.5 Å². The maximum Gasteiger partial charge on any atom is 0.137 e. The van der Waals surface area contributed by atoms with Crippen LogP contribution in [0, 0.1) is 0 Å². The van der Waals surface area contributed by atoms with Gasteiger partial charge in [0.05, 0.1) is 12.1 Å². The minimum Gasteiger partial charge on any atom is -0.376 e. The molecule has 20 heavy (non-hydrogen) atoms. The standard InChI is InChI=1S/C13H14FN5O/c1-20-12(11(8-14)18-19-15)9-2-4-10(5-3-9)13-16-6-7-17-13/h2-7,11-12H,8H2,1H3,(H,16,17)/t11-,12-/m1/s1. The van der Waals surface area contributed by atoms with E-state index in [0.29, 0.717) is 0 Å². The van der Waals surface area contributed by atoms with Crippen LogP contribution in [0.25, 0.3) is 21.8 Å². The van der Waals surface area contributed by atoms with Crippen molar-refractivity contribution in [3.05, 3.63) is 52.7 Å². The molecule has 0 fully saturated rings. The van der Waals surface area contributed by atoms with Crippen LogP contribution in [0.3, 0.4) is 0 Å². The van der Waals surface area contributed by atoms with Crippen molar-refractivity contribution in [3.63, 3.8) is 0 Å². The normalized spacial score (nSPS) is 13.5. The molecule has 2 aromatic rings. The predicted octanol–water partition coefficient (Wildman–Crippen LogP) is 3.41. The molecule has 0 aliphatic heterocycles. The Morgan fingerprint density at radius 3 is 2.70 bits per heavy atom. The molecule has 2 atom stereocenters. The summed E-state index contributed by atoms with van der Waals surface area (Å²) < 4.78 is 18.2. The van der Waals surface area contributed by atoms with Gasteiger partial charge in [-0.2, -0.15) is 0 Å². The molecule has 6 nitrogen and oxygen atoms in total. The average Bonchev–Trinajstić information content (AvgIpc) is 3.02. The zero-order chi connectivity index (χ0) is 14.4. The summed E-state index contributed by atoms with van der Waals surface area (Å²) in [5, 5.41) is 3.42. The van der Waals surface area contributed by atoms with Crippen LogP contribution in [-0.4, -0.2) is 29.8 Å². The van der Waals surface area contributed by atoms with Gasteiger partial charge in [-0.3, -0.25) is 4.39 Å². The van der Waals surface area contributed by atoms with E-state index in [4.69, 9.17) is 10.3 Å². The summed E-state index contributed by atoms with van der Waals surface area (Å²) in [7, 11) is 1.46. The van der Waals surface area contributed by atoms with Crippen molar-refractivity contribution in [2.24, 2.45) is 5.11 Å². The highest BCUT2D eigenvalue weighted by molar-refractivity contribution is 5.55. The number of azide groups is 1. The predicted molar refractivity (Wildman–Crippen MR) is 72.7 cm³/mol. The third-order valence-corrected chi connectivity index (χ3v) is 2.97. The van der Waals surface area contributed by atoms with Crippen molar-refractivity contribution >= 4 is 0 Å². The van der Waals surface area contributed by atoms with Crippen LogP contribution in [0.4, 0.5) is 4.39 Å². The van der Waals surface area contributed by atoms with Crippen LogP contribution in [0.1, 0.15) is 11.7 Å². The molecule has 0 unspecified atom stereocenters. The van der Waals surface area contributed by atoms with Gasteiger partial charge in [-0.15, -0.1) is 0 Å². The molecule has 0 saturated carbocycles. The number of benzene rings is 1. The van der Waals surface area contributed by atoms with Gasteiger partial charge in [-0.25, -0.2) is 4.98 Å². The number of ether oxygens (including phenoxy) is 1. The summed E-state index contributed by atoms with van der Waals surface area (Å²) in [6.45, 7) is -0.775. The molecule has 2 rings (SSSR count). The number of imidazole rings is 1. The van der Waals surface area contributed by atoms with Crippen molar-refractivity contribution < 1.29 is 9.13 Å². The lowest BCUT2D eigenvalue weighted by molar-refractivity contribution is 0.0722. The monoisotopic (exact) mass is 275 g/mol. The Labute approximate surface area is 115 Å². The molecule has 0 spiro atoms. The number of alkyl halides is 1. The summed E-state index contributed by atoms with van der Waals surface area (Å²) in [4.78, 5) is 9.80.